The lowest BCUT2D eigenvalue weighted by Gasteiger charge is -2.11. The SMILES string of the molecule is COCCn1cnnc1SCC(=O)Nc1ccccc1Cc1ccccc1. The third kappa shape index (κ3) is 5.67. The summed E-state index contributed by atoms with van der Waals surface area (Å²) in [6.45, 7) is 1.23. The molecule has 0 aliphatic carbocycles. The van der Waals surface area contributed by atoms with Crippen LogP contribution in [0.15, 0.2) is 66.1 Å². The summed E-state index contributed by atoms with van der Waals surface area (Å²) in [5, 5.41) is 11.7. The summed E-state index contributed by atoms with van der Waals surface area (Å²) in [6.07, 6.45) is 2.42. The molecule has 0 aliphatic rings. The highest BCUT2D eigenvalue weighted by Gasteiger charge is 2.11. The number of hydrogen-bond acceptors (Lipinski definition) is 5. The zero-order valence-corrected chi connectivity index (χ0v) is 16.0. The Morgan fingerprint density at radius 3 is 2.74 bits per heavy atom. The van der Waals surface area contributed by atoms with Crippen LogP contribution in [0.5, 0.6) is 0 Å². The Balaban J connectivity index is 1.59. The summed E-state index contributed by atoms with van der Waals surface area (Å²) in [6, 6.07) is 18.1. The standard InChI is InChI=1S/C20H22N4O2S/c1-26-12-11-24-15-21-23-20(24)27-14-19(25)22-18-10-6-5-9-17(18)13-16-7-3-2-4-8-16/h2-10,15H,11-14H2,1H3,(H,22,25). The number of thioether (sulfide) groups is 1. The van der Waals surface area contributed by atoms with E-state index in [1.54, 1.807) is 13.4 Å². The van der Waals surface area contributed by atoms with Crippen LogP contribution in [0, 0.1) is 0 Å². The monoisotopic (exact) mass is 382 g/mol. The van der Waals surface area contributed by atoms with Gasteiger partial charge in [-0.25, -0.2) is 0 Å². The maximum Gasteiger partial charge on any atom is 0.234 e. The summed E-state index contributed by atoms with van der Waals surface area (Å²) in [4.78, 5) is 12.4. The van der Waals surface area contributed by atoms with E-state index in [-0.39, 0.29) is 11.7 Å². The highest BCUT2D eigenvalue weighted by atomic mass is 32.2. The number of methoxy groups -OCH3 is 1. The maximum absolute atomic E-state index is 12.4. The molecule has 0 saturated carbocycles. The van der Waals surface area contributed by atoms with Crippen LogP contribution >= 0.6 is 11.8 Å². The van der Waals surface area contributed by atoms with Crippen molar-refractivity contribution in [1.82, 2.24) is 14.8 Å². The fourth-order valence-electron chi connectivity index (χ4n) is 2.63. The van der Waals surface area contributed by atoms with E-state index in [2.05, 4.69) is 27.6 Å². The third-order valence-corrected chi connectivity index (χ3v) is 4.96. The van der Waals surface area contributed by atoms with Crippen LogP contribution in [0.4, 0.5) is 5.69 Å². The molecule has 3 aromatic rings. The number of rotatable bonds is 9. The average molecular weight is 382 g/mol. The van der Waals surface area contributed by atoms with Gasteiger partial charge in [-0.05, 0) is 23.6 Å². The van der Waals surface area contributed by atoms with Gasteiger partial charge in [0.1, 0.15) is 6.33 Å². The molecular weight excluding hydrogens is 360 g/mol. The smallest absolute Gasteiger partial charge is 0.234 e. The Morgan fingerprint density at radius 1 is 1.15 bits per heavy atom. The quantitative estimate of drug-likeness (QED) is 0.576. The van der Waals surface area contributed by atoms with E-state index in [0.29, 0.717) is 18.3 Å². The normalized spacial score (nSPS) is 10.7. The van der Waals surface area contributed by atoms with Crippen molar-refractivity contribution in [3.8, 4) is 0 Å². The van der Waals surface area contributed by atoms with Gasteiger partial charge in [0.2, 0.25) is 5.91 Å². The second kappa shape index (κ2) is 9.89. The number of ether oxygens (including phenoxy) is 1. The van der Waals surface area contributed by atoms with Crippen molar-refractivity contribution in [2.45, 2.75) is 18.1 Å². The van der Waals surface area contributed by atoms with Gasteiger partial charge in [0, 0.05) is 19.3 Å². The van der Waals surface area contributed by atoms with Crippen molar-refractivity contribution >= 4 is 23.4 Å². The van der Waals surface area contributed by atoms with Crippen LogP contribution in [0.25, 0.3) is 0 Å². The van der Waals surface area contributed by atoms with Gasteiger partial charge in [0.05, 0.1) is 12.4 Å². The molecule has 3 rings (SSSR count). The van der Waals surface area contributed by atoms with Crippen LogP contribution in [0.1, 0.15) is 11.1 Å². The minimum atomic E-state index is -0.0678. The van der Waals surface area contributed by atoms with Crippen LogP contribution in [-0.4, -0.2) is 40.1 Å². The third-order valence-electron chi connectivity index (χ3n) is 3.98. The minimum Gasteiger partial charge on any atom is -0.383 e. The Bertz CT molecular complexity index is 867. The van der Waals surface area contributed by atoms with Crippen molar-refractivity contribution in [2.24, 2.45) is 0 Å². The van der Waals surface area contributed by atoms with E-state index in [0.717, 1.165) is 17.7 Å². The summed E-state index contributed by atoms with van der Waals surface area (Å²) < 4.78 is 6.95. The summed E-state index contributed by atoms with van der Waals surface area (Å²) in [7, 11) is 1.65. The maximum atomic E-state index is 12.4. The molecule has 2 aromatic carbocycles. The first-order chi connectivity index (χ1) is 13.3. The van der Waals surface area contributed by atoms with Gasteiger partial charge in [-0.3, -0.25) is 4.79 Å². The molecule has 7 heteroatoms. The van der Waals surface area contributed by atoms with Crippen LogP contribution in [-0.2, 0) is 22.5 Å². The second-order valence-corrected chi connectivity index (χ2v) is 6.90. The van der Waals surface area contributed by atoms with Gasteiger partial charge in [-0.15, -0.1) is 10.2 Å². The number of hydrogen-bond donors (Lipinski definition) is 1. The predicted molar refractivity (Wildman–Crippen MR) is 107 cm³/mol. The van der Waals surface area contributed by atoms with Crippen molar-refractivity contribution in [2.75, 3.05) is 24.8 Å². The molecule has 1 amide bonds. The molecule has 6 nitrogen and oxygen atoms in total. The lowest BCUT2D eigenvalue weighted by molar-refractivity contribution is -0.113. The van der Waals surface area contributed by atoms with Gasteiger partial charge in [0.15, 0.2) is 5.16 Å². The van der Waals surface area contributed by atoms with Crippen molar-refractivity contribution in [1.29, 1.82) is 0 Å². The highest BCUT2D eigenvalue weighted by molar-refractivity contribution is 7.99. The van der Waals surface area contributed by atoms with Crippen LogP contribution in [0.3, 0.4) is 0 Å². The molecular formula is C20H22N4O2S. The van der Waals surface area contributed by atoms with Gasteiger partial charge < -0.3 is 14.6 Å². The van der Waals surface area contributed by atoms with Gasteiger partial charge in [0.25, 0.3) is 0 Å². The number of para-hydroxylation sites is 1. The lowest BCUT2D eigenvalue weighted by Crippen LogP contribution is -2.16. The molecule has 0 spiro atoms. The number of nitrogens with one attached hydrogen (secondary N) is 1. The second-order valence-electron chi connectivity index (χ2n) is 5.96. The first-order valence-corrected chi connectivity index (χ1v) is 9.66. The number of carbonyl (C=O) groups excluding carboxylic acids is 1. The van der Waals surface area contributed by atoms with E-state index in [1.165, 1.54) is 17.3 Å². The van der Waals surface area contributed by atoms with E-state index in [9.17, 15) is 4.79 Å². The molecule has 0 aliphatic heterocycles. The molecule has 0 bridgehead atoms. The predicted octanol–water partition coefficient (Wildman–Crippen LogP) is 3.25. The van der Waals surface area contributed by atoms with E-state index >= 15 is 0 Å². The lowest BCUT2D eigenvalue weighted by atomic mass is 10.0. The molecule has 0 saturated heterocycles. The van der Waals surface area contributed by atoms with E-state index in [4.69, 9.17) is 4.74 Å². The number of amides is 1. The number of anilines is 1. The fourth-order valence-corrected chi connectivity index (χ4v) is 3.37. The molecule has 0 radical (unpaired) electrons. The van der Waals surface area contributed by atoms with Crippen molar-refractivity contribution in [3.05, 3.63) is 72.1 Å². The topological polar surface area (TPSA) is 69.0 Å². The first-order valence-electron chi connectivity index (χ1n) is 8.67. The Morgan fingerprint density at radius 2 is 1.93 bits per heavy atom. The molecule has 1 N–H and O–H groups in total. The number of aromatic nitrogens is 3. The Kier molecular flexibility index (Phi) is 7.01. The molecule has 27 heavy (non-hydrogen) atoms. The van der Waals surface area contributed by atoms with Crippen LogP contribution < -0.4 is 5.32 Å². The van der Waals surface area contributed by atoms with Crippen molar-refractivity contribution in [3.63, 3.8) is 0 Å². The summed E-state index contributed by atoms with van der Waals surface area (Å²) in [5.41, 5.74) is 3.14. The molecule has 1 heterocycles. The van der Waals surface area contributed by atoms with Gasteiger partial charge in [-0.2, -0.15) is 0 Å². The molecule has 1 aromatic heterocycles. The zero-order chi connectivity index (χ0) is 18.9. The fraction of sp³-hybridized carbons (Fsp3) is 0.250. The van der Waals surface area contributed by atoms with Crippen LogP contribution in [0.2, 0.25) is 0 Å². The molecule has 140 valence electrons. The number of nitrogens with zero attached hydrogens (tertiary/aromatic N) is 3. The average Bonchev–Trinajstić information content (AvgIpc) is 3.14. The number of carbonyl (C=O) groups is 1. The molecule has 0 unspecified atom stereocenters. The summed E-state index contributed by atoms with van der Waals surface area (Å²) >= 11 is 1.36. The van der Waals surface area contributed by atoms with Crippen molar-refractivity contribution < 1.29 is 9.53 Å². The van der Waals surface area contributed by atoms with Gasteiger partial charge >= 0.3 is 0 Å². The zero-order valence-electron chi connectivity index (χ0n) is 15.2. The van der Waals surface area contributed by atoms with E-state index < -0.39 is 0 Å². The molecule has 0 fully saturated rings. The van der Waals surface area contributed by atoms with Gasteiger partial charge in [-0.1, -0.05) is 60.3 Å². The highest BCUT2D eigenvalue weighted by Crippen LogP contribution is 2.20. The first kappa shape index (κ1) is 19.1. The minimum absolute atomic E-state index is 0.0678. The molecule has 0 atom stereocenters. The Hall–Kier alpha value is -2.64. The van der Waals surface area contributed by atoms with E-state index in [1.807, 2.05) is 47.0 Å². The Labute approximate surface area is 163 Å². The number of benzene rings is 2. The largest absolute Gasteiger partial charge is 0.383 e. The summed E-state index contributed by atoms with van der Waals surface area (Å²) in [5.74, 6) is 0.201.